The van der Waals surface area contributed by atoms with Crippen molar-refractivity contribution in [3.8, 4) is 5.75 Å². The first-order valence-corrected chi connectivity index (χ1v) is 5.84. The molecule has 0 amide bonds. The Morgan fingerprint density at radius 2 is 2.25 bits per heavy atom. The third kappa shape index (κ3) is 2.71. The molecule has 1 aromatic carbocycles. The maximum Gasteiger partial charge on any atom is 0.168 e. The van der Waals surface area contributed by atoms with Crippen LogP contribution in [0.25, 0.3) is 0 Å². The normalized spacial score (nSPS) is 13.7. The number of aliphatic hydroxyl groups excluding tert-OH is 1. The van der Waals surface area contributed by atoms with Gasteiger partial charge in [-0.2, -0.15) is 12.6 Å². The van der Waals surface area contributed by atoms with Crippen LogP contribution < -0.4 is 4.74 Å². The van der Waals surface area contributed by atoms with Crippen molar-refractivity contribution in [2.45, 2.75) is 12.2 Å². The molecular formula is C11H12BrFO2S. The lowest BCUT2D eigenvalue weighted by molar-refractivity contribution is 0.383. The van der Waals surface area contributed by atoms with Crippen LogP contribution >= 0.6 is 28.6 Å². The monoisotopic (exact) mass is 306 g/mol. The highest BCUT2D eigenvalue weighted by Gasteiger charge is 2.15. The van der Waals surface area contributed by atoms with E-state index in [4.69, 9.17) is 9.84 Å². The van der Waals surface area contributed by atoms with E-state index in [1.54, 1.807) is 13.0 Å². The van der Waals surface area contributed by atoms with E-state index < -0.39 is 5.82 Å². The zero-order chi connectivity index (χ0) is 12.3. The van der Waals surface area contributed by atoms with Crippen LogP contribution in [-0.2, 0) is 0 Å². The summed E-state index contributed by atoms with van der Waals surface area (Å²) in [5, 5.41) is 8.52. The lowest BCUT2D eigenvalue weighted by atomic mass is 10.1. The quantitative estimate of drug-likeness (QED) is 0.652. The van der Waals surface area contributed by atoms with Gasteiger partial charge in [-0.3, -0.25) is 0 Å². The standard InChI is InChI=1S/C11H12BrFO2S/c1-6(5-14)11(16)7-3-8(12)10(15-2)9(13)4-7/h3-5,11,14,16H,1-2H3/b6-5+. The summed E-state index contributed by atoms with van der Waals surface area (Å²) in [4.78, 5) is 0. The summed E-state index contributed by atoms with van der Waals surface area (Å²) in [6, 6.07) is 3.06. The number of halogens is 2. The second-order valence-electron chi connectivity index (χ2n) is 3.29. The van der Waals surface area contributed by atoms with E-state index in [0.717, 1.165) is 6.26 Å². The molecule has 1 atom stereocenters. The Hall–Kier alpha value is -0.680. The van der Waals surface area contributed by atoms with Gasteiger partial charge in [0.05, 0.1) is 23.1 Å². The minimum Gasteiger partial charge on any atom is -0.516 e. The molecule has 0 heterocycles. The van der Waals surface area contributed by atoms with Crippen molar-refractivity contribution in [2.24, 2.45) is 0 Å². The van der Waals surface area contributed by atoms with Crippen molar-refractivity contribution in [3.63, 3.8) is 0 Å². The van der Waals surface area contributed by atoms with Gasteiger partial charge in [0.2, 0.25) is 0 Å². The Kier molecular flexibility index (Phi) is 4.68. The number of aliphatic hydroxyl groups is 1. The minimum atomic E-state index is -0.461. The zero-order valence-electron chi connectivity index (χ0n) is 8.87. The van der Waals surface area contributed by atoms with Crippen molar-refractivity contribution >= 4 is 28.6 Å². The Labute approximate surface area is 108 Å². The van der Waals surface area contributed by atoms with Gasteiger partial charge in [-0.05, 0) is 46.1 Å². The molecule has 5 heteroatoms. The first kappa shape index (κ1) is 13.4. The van der Waals surface area contributed by atoms with Gasteiger partial charge in [0, 0.05) is 0 Å². The SMILES string of the molecule is COc1c(F)cc(C(S)/C(C)=C/O)cc1Br. The third-order valence-electron chi connectivity index (χ3n) is 2.18. The van der Waals surface area contributed by atoms with Crippen LogP contribution in [0.5, 0.6) is 5.75 Å². The Balaban J connectivity index is 3.18. The predicted molar refractivity (Wildman–Crippen MR) is 68.8 cm³/mol. The average Bonchev–Trinajstić information content (AvgIpc) is 2.26. The highest BCUT2D eigenvalue weighted by Crippen LogP contribution is 2.35. The van der Waals surface area contributed by atoms with Gasteiger partial charge in [-0.15, -0.1) is 0 Å². The molecule has 1 aromatic rings. The van der Waals surface area contributed by atoms with Crippen LogP contribution in [0.1, 0.15) is 17.7 Å². The molecule has 0 aliphatic carbocycles. The van der Waals surface area contributed by atoms with Gasteiger partial charge < -0.3 is 9.84 Å². The number of thiol groups is 1. The van der Waals surface area contributed by atoms with E-state index in [-0.39, 0.29) is 11.0 Å². The van der Waals surface area contributed by atoms with E-state index in [2.05, 4.69) is 28.6 Å². The third-order valence-corrected chi connectivity index (χ3v) is 3.47. The van der Waals surface area contributed by atoms with Crippen molar-refractivity contribution < 1.29 is 14.2 Å². The summed E-state index contributed by atoms with van der Waals surface area (Å²) in [6.45, 7) is 1.72. The van der Waals surface area contributed by atoms with Gasteiger partial charge in [0.15, 0.2) is 11.6 Å². The first-order chi connectivity index (χ1) is 7.51. The predicted octanol–water partition coefficient (Wildman–Crippen LogP) is 4.03. The zero-order valence-corrected chi connectivity index (χ0v) is 11.3. The summed E-state index contributed by atoms with van der Waals surface area (Å²) < 4.78 is 19.0. The van der Waals surface area contributed by atoms with Crippen molar-refractivity contribution in [1.29, 1.82) is 0 Å². The molecule has 1 rings (SSSR count). The van der Waals surface area contributed by atoms with Gasteiger partial charge in [-0.1, -0.05) is 0 Å². The van der Waals surface area contributed by atoms with Crippen LogP contribution in [-0.4, -0.2) is 12.2 Å². The van der Waals surface area contributed by atoms with Gasteiger partial charge in [-0.25, -0.2) is 4.39 Å². The molecule has 0 saturated heterocycles. The van der Waals surface area contributed by atoms with E-state index in [1.807, 2.05) is 0 Å². The topological polar surface area (TPSA) is 29.5 Å². The molecule has 0 fully saturated rings. The van der Waals surface area contributed by atoms with E-state index >= 15 is 0 Å². The van der Waals surface area contributed by atoms with Gasteiger partial charge >= 0.3 is 0 Å². The molecule has 88 valence electrons. The molecule has 0 spiro atoms. The smallest absolute Gasteiger partial charge is 0.168 e. The highest BCUT2D eigenvalue weighted by molar-refractivity contribution is 9.10. The lowest BCUT2D eigenvalue weighted by Crippen LogP contribution is -1.97. The van der Waals surface area contributed by atoms with Crippen molar-refractivity contribution in [1.82, 2.24) is 0 Å². The van der Waals surface area contributed by atoms with E-state index in [1.165, 1.54) is 13.2 Å². The second kappa shape index (κ2) is 5.59. The number of ether oxygens (including phenoxy) is 1. The fraction of sp³-hybridized carbons (Fsp3) is 0.273. The number of methoxy groups -OCH3 is 1. The molecule has 0 aliphatic rings. The molecule has 0 aromatic heterocycles. The van der Waals surface area contributed by atoms with Crippen LogP contribution in [0, 0.1) is 5.82 Å². The summed E-state index contributed by atoms with van der Waals surface area (Å²) in [5.41, 5.74) is 1.29. The van der Waals surface area contributed by atoms with Crippen molar-refractivity contribution in [2.75, 3.05) is 7.11 Å². The number of rotatable bonds is 3. The molecule has 0 aliphatic heterocycles. The average molecular weight is 307 g/mol. The van der Waals surface area contributed by atoms with Crippen LogP contribution in [0.15, 0.2) is 28.4 Å². The highest BCUT2D eigenvalue weighted by atomic mass is 79.9. The summed E-state index contributed by atoms with van der Waals surface area (Å²) in [7, 11) is 1.40. The maximum absolute atomic E-state index is 13.6. The number of benzene rings is 1. The van der Waals surface area contributed by atoms with Gasteiger partial charge in [0.25, 0.3) is 0 Å². The maximum atomic E-state index is 13.6. The van der Waals surface area contributed by atoms with Crippen molar-refractivity contribution in [3.05, 3.63) is 39.8 Å². The fourth-order valence-corrected chi connectivity index (χ4v) is 2.10. The largest absolute Gasteiger partial charge is 0.516 e. The molecule has 0 saturated carbocycles. The summed E-state index contributed by atoms with van der Waals surface area (Å²) in [6.07, 6.45) is 0.966. The molecule has 0 radical (unpaired) electrons. The lowest BCUT2D eigenvalue weighted by Gasteiger charge is -2.13. The number of hydrogen-bond donors (Lipinski definition) is 2. The van der Waals surface area contributed by atoms with Gasteiger partial charge in [0.1, 0.15) is 0 Å². The van der Waals surface area contributed by atoms with Crippen LogP contribution in [0.2, 0.25) is 0 Å². The van der Waals surface area contributed by atoms with E-state index in [0.29, 0.717) is 15.6 Å². The first-order valence-electron chi connectivity index (χ1n) is 4.53. The molecular weight excluding hydrogens is 295 g/mol. The minimum absolute atomic E-state index is 0.162. The fourth-order valence-electron chi connectivity index (χ4n) is 1.27. The Morgan fingerprint density at radius 3 is 2.69 bits per heavy atom. The molecule has 0 bridgehead atoms. The molecule has 2 nitrogen and oxygen atoms in total. The molecule has 1 unspecified atom stereocenters. The number of hydrogen-bond acceptors (Lipinski definition) is 3. The van der Waals surface area contributed by atoms with Crippen LogP contribution in [0.4, 0.5) is 4.39 Å². The Bertz CT molecular complexity index is 397. The van der Waals surface area contributed by atoms with E-state index in [9.17, 15) is 4.39 Å². The molecule has 16 heavy (non-hydrogen) atoms. The molecule has 1 N–H and O–H groups in total. The summed E-state index contributed by atoms with van der Waals surface area (Å²) >= 11 is 7.51. The summed E-state index contributed by atoms with van der Waals surface area (Å²) in [5.74, 6) is -0.299. The second-order valence-corrected chi connectivity index (χ2v) is 4.66. The van der Waals surface area contributed by atoms with Crippen LogP contribution in [0.3, 0.4) is 0 Å². The Morgan fingerprint density at radius 1 is 1.62 bits per heavy atom.